The van der Waals surface area contributed by atoms with Crippen LogP contribution in [0.5, 0.6) is 0 Å². The predicted octanol–water partition coefficient (Wildman–Crippen LogP) is 3.48. The van der Waals surface area contributed by atoms with Crippen LogP contribution in [0.3, 0.4) is 0 Å². The van der Waals surface area contributed by atoms with E-state index in [1.54, 1.807) is 0 Å². The Balaban J connectivity index is 1.69. The molecule has 0 unspecified atom stereocenters. The molecule has 1 aliphatic rings. The fraction of sp³-hybridized carbons (Fsp3) is 0.500. The Morgan fingerprint density at radius 3 is 2.85 bits per heavy atom. The van der Waals surface area contributed by atoms with Crippen LogP contribution >= 0.6 is 15.9 Å². The van der Waals surface area contributed by atoms with Crippen molar-refractivity contribution in [1.29, 1.82) is 0 Å². The molecule has 1 aliphatic heterocycles. The molecule has 20 heavy (non-hydrogen) atoms. The molecule has 4 heteroatoms. The van der Waals surface area contributed by atoms with Crippen molar-refractivity contribution in [2.24, 2.45) is 0 Å². The van der Waals surface area contributed by atoms with E-state index in [4.69, 9.17) is 4.74 Å². The van der Waals surface area contributed by atoms with E-state index in [-0.39, 0.29) is 0 Å². The lowest BCUT2D eigenvalue weighted by atomic mass is 10.1. The van der Waals surface area contributed by atoms with Gasteiger partial charge in [-0.1, -0.05) is 18.2 Å². The number of para-hydroxylation sites is 1. The highest BCUT2D eigenvalue weighted by Crippen LogP contribution is 2.30. The molecule has 3 rings (SSSR count). The standard InChI is InChI=1S/C16H21BrN2O/c1-12-16(17)14-4-2-3-5-15(14)19(12)9-8-18-13-6-10-20-11-7-13/h2-5,13,18H,6-11H2,1H3. The number of hydrogen-bond acceptors (Lipinski definition) is 2. The van der Waals surface area contributed by atoms with E-state index in [9.17, 15) is 0 Å². The molecule has 1 fully saturated rings. The minimum absolute atomic E-state index is 0.620. The first-order valence-electron chi connectivity index (χ1n) is 7.32. The molecular weight excluding hydrogens is 316 g/mol. The summed E-state index contributed by atoms with van der Waals surface area (Å²) in [7, 11) is 0. The molecule has 0 saturated carbocycles. The number of nitrogens with zero attached hydrogens (tertiary/aromatic N) is 1. The van der Waals surface area contributed by atoms with Gasteiger partial charge in [-0.2, -0.15) is 0 Å². The normalized spacial score (nSPS) is 16.9. The van der Waals surface area contributed by atoms with Crippen molar-refractivity contribution >= 4 is 26.8 Å². The van der Waals surface area contributed by atoms with Crippen molar-refractivity contribution in [3.05, 3.63) is 34.4 Å². The van der Waals surface area contributed by atoms with Crippen molar-refractivity contribution in [3.63, 3.8) is 0 Å². The molecule has 1 saturated heterocycles. The minimum Gasteiger partial charge on any atom is -0.381 e. The molecule has 1 aromatic carbocycles. The summed E-state index contributed by atoms with van der Waals surface area (Å²) >= 11 is 3.71. The maximum Gasteiger partial charge on any atom is 0.0494 e. The fourth-order valence-electron chi connectivity index (χ4n) is 2.96. The zero-order chi connectivity index (χ0) is 13.9. The maximum atomic E-state index is 5.39. The van der Waals surface area contributed by atoms with Gasteiger partial charge in [-0.25, -0.2) is 0 Å². The summed E-state index contributed by atoms with van der Waals surface area (Å²) in [4.78, 5) is 0. The Kier molecular flexibility index (Phi) is 4.44. The topological polar surface area (TPSA) is 26.2 Å². The van der Waals surface area contributed by atoms with Gasteiger partial charge in [-0.05, 0) is 41.8 Å². The van der Waals surface area contributed by atoms with Crippen LogP contribution in [0.15, 0.2) is 28.7 Å². The summed E-state index contributed by atoms with van der Waals surface area (Å²) in [5, 5.41) is 4.96. The van der Waals surface area contributed by atoms with Gasteiger partial charge in [0.15, 0.2) is 0 Å². The average molecular weight is 337 g/mol. The first-order valence-corrected chi connectivity index (χ1v) is 8.11. The predicted molar refractivity (Wildman–Crippen MR) is 86.2 cm³/mol. The molecular formula is C16H21BrN2O. The third-order valence-corrected chi connectivity index (χ3v) is 5.14. The highest BCUT2D eigenvalue weighted by atomic mass is 79.9. The zero-order valence-corrected chi connectivity index (χ0v) is 13.4. The van der Waals surface area contributed by atoms with Gasteiger partial charge in [-0.15, -0.1) is 0 Å². The van der Waals surface area contributed by atoms with E-state index in [0.29, 0.717) is 6.04 Å². The zero-order valence-electron chi connectivity index (χ0n) is 11.9. The highest BCUT2D eigenvalue weighted by molar-refractivity contribution is 9.10. The molecule has 0 bridgehead atoms. The smallest absolute Gasteiger partial charge is 0.0494 e. The first-order chi connectivity index (χ1) is 9.77. The molecule has 0 spiro atoms. The van der Waals surface area contributed by atoms with E-state index < -0.39 is 0 Å². The number of fused-ring (bicyclic) bond motifs is 1. The van der Waals surface area contributed by atoms with Gasteiger partial charge in [0.25, 0.3) is 0 Å². The van der Waals surface area contributed by atoms with Crippen molar-refractivity contribution in [2.75, 3.05) is 19.8 Å². The van der Waals surface area contributed by atoms with Gasteiger partial charge < -0.3 is 14.6 Å². The van der Waals surface area contributed by atoms with Gasteiger partial charge >= 0.3 is 0 Å². The average Bonchev–Trinajstić information content (AvgIpc) is 2.74. The fourth-order valence-corrected chi connectivity index (χ4v) is 3.51. The van der Waals surface area contributed by atoms with Gasteiger partial charge in [0, 0.05) is 53.4 Å². The van der Waals surface area contributed by atoms with Gasteiger partial charge in [0.1, 0.15) is 0 Å². The van der Waals surface area contributed by atoms with Crippen molar-refractivity contribution < 1.29 is 4.74 Å². The lowest BCUT2D eigenvalue weighted by Crippen LogP contribution is -2.36. The van der Waals surface area contributed by atoms with Crippen LogP contribution in [-0.4, -0.2) is 30.4 Å². The van der Waals surface area contributed by atoms with Crippen LogP contribution in [0, 0.1) is 6.92 Å². The molecule has 1 aromatic heterocycles. The Morgan fingerprint density at radius 1 is 1.30 bits per heavy atom. The van der Waals surface area contributed by atoms with E-state index in [2.05, 4.69) is 57.0 Å². The maximum absolute atomic E-state index is 5.39. The van der Waals surface area contributed by atoms with E-state index in [1.807, 2.05) is 0 Å². The highest BCUT2D eigenvalue weighted by Gasteiger charge is 2.14. The third kappa shape index (κ3) is 2.78. The Bertz CT molecular complexity index is 587. The molecule has 1 N–H and O–H groups in total. The van der Waals surface area contributed by atoms with Gasteiger partial charge in [0.2, 0.25) is 0 Å². The summed E-state index contributed by atoms with van der Waals surface area (Å²) in [5.41, 5.74) is 2.62. The molecule has 0 radical (unpaired) electrons. The van der Waals surface area contributed by atoms with Crippen molar-refractivity contribution in [2.45, 2.75) is 32.4 Å². The second-order valence-corrected chi connectivity index (χ2v) is 6.20. The summed E-state index contributed by atoms with van der Waals surface area (Å²) in [6, 6.07) is 9.19. The lowest BCUT2D eigenvalue weighted by Gasteiger charge is -2.23. The minimum atomic E-state index is 0.620. The Hall–Kier alpha value is -0.840. The number of ether oxygens (including phenoxy) is 1. The molecule has 2 aromatic rings. The Morgan fingerprint density at radius 2 is 2.05 bits per heavy atom. The number of halogens is 1. The number of benzene rings is 1. The van der Waals surface area contributed by atoms with E-state index >= 15 is 0 Å². The third-order valence-electron chi connectivity index (χ3n) is 4.14. The van der Waals surface area contributed by atoms with Crippen LogP contribution in [0.1, 0.15) is 18.5 Å². The molecule has 0 aliphatic carbocycles. The SMILES string of the molecule is Cc1c(Br)c2ccccc2n1CCNC1CCOCC1. The number of nitrogens with one attached hydrogen (secondary N) is 1. The number of hydrogen-bond donors (Lipinski definition) is 1. The quantitative estimate of drug-likeness (QED) is 0.924. The van der Waals surface area contributed by atoms with Gasteiger partial charge in [0.05, 0.1) is 0 Å². The number of aromatic nitrogens is 1. The van der Waals surface area contributed by atoms with Gasteiger partial charge in [-0.3, -0.25) is 0 Å². The van der Waals surface area contributed by atoms with Crippen LogP contribution in [-0.2, 0) is 11.3 Å². The Labute approximate surface area is 128 Å². The second-order valence-electron chi connectivity index (χ2n) is 5.41. The number of rotatable bonds is 4. The van der Waals surface area contributed by atoms with Crippen LogP contribution in [0.2, 0.25) is 0 Å². The van der Waals surface area contributed by atoms with Crippen LogP contribution in [0.25, 0.3) is 10.9 Å². The molecule has 108 valence electrons. The van der Waals surface area contributed by atoms with Crippen LogP contribution < -0.4 is 5.32 Å². The molecule has 0 atom stereocenters. The van der Waals surface area contributed by atoms with E-state index in [1.165, 1.54) is 21.1 Å². The summed E-state index contributed by atoms with van der Waals surface area (Å²) in [5.74, 6) is 0. The van der Waals surface area contributed by atoms with Crippen molar-refractivity contribution in [1.82, 2.24) is 9.88 Å². The molecule has 3 nitrogen and oxygen atoms in total. The van der Waals surface area contributed by atoms with E-state index in [0.717, 1.165) is 39.1 Å². The largest absolute Gasteiger partial charge is 0.381 e. The van der Waals surface area contributed by atoms with Crippen molar-refractivity contribution in [3.8, 4) is 0 Å². The van der Waals surface area contributed by atoms with Crippen LogP contribution in [0.4, 0.5) is 0 Å². The second kappa shape index (κ2) is 6.29. The lowest BCUT2D eigenvalue weighted by molar-refractivity contribution is 0.0779. The monoisotopic (exact) mass is 336 g/mol. The first kappa shape index (κ1) is 14.1. The molecule has 2 heterocycles. The summed E-state index contributed by atoms with van der Waals surface area (Å²) in [6.45, 7) is 5.99. The molecule has 0 amide bonds. The summed E-state index contributed by atoms with van der Waals surface area (Å²) < 4.78 is 9.01. The summed E-state index contributed by atoms with van der Waals surface area (Å²) in [6.07, 6.45) is 2.27.